The average Bonchev–Trinajstić information content (AvgIpc) is 2.97. The fourth-order valence-electron chi connectivity index (χ4n) is 1.43. The lowest BCUT2D eigenvalue weighted by Crippen LogP contribution is -2.14. The minimum atomic E-state index is -0.557. The Morgan fingerprint density at radius 1 is 1.32 bits per heavy atom. The summed E-state index contributed by atoms with van der Waals surface area (Å²) in [7, 11) is 0. The Bertz CT molecular complexity index is 547. The lowest BCUT2D eigenvalue weighted by molar-refractivity contribution is -0.124. The number of thiophene rings is 1. The predicted molar refractivity (Wildman–Crippen MR) is 74.1 cm³/mol. The molecule has 0 bridgehead atoms. The second-order valence-corrected chi connectivity index (χ2v) is 4.78. The van der Waals surface area contributed by atoms with Crippen LogP contribution in [0.15, 0.2) is 47.9 Å². The van der Waals surface area contributed by atoms with Crippen molar-refractivity contribution in [3.8, 4) is 5.75 Å². The van der Waals surface area contributed by atoms with Crippen LogP contribution in [-0.2, 0) is 11.4 Å². The normalized spacial score (nSPS) is 10.6. The third-order valence-electron chi connectivity index (χ3n) is 2.38. The summed E-state index contributed by atoms with van der Waals surface area (Å²) in [6.07, 6.45) is 2.86. The molecule has 0 aliphatic rings. The van der Waals surface area contributed by atoms with Crippen molar-refractivity contribution < 1.29 is 14.7 Å². The minimum Gasteiger partial charge on any atom is -0.488 e. The Morgan fingerprint density at radius 3 is 2.74 bits per heavy atom. The molecule has 1 aromatic heterocycles. The van der Waals surface area contributed by atoms with E-state index in [1.165, 1.54) is 16.4 Å². The highest BCUT2D eigenvalue weighted by atomic mass is 32.1. The van der Waals surface area contributed by atoms with E-state index >= 15 is 0 Å². The quantitative estimate of drug-likeness (QED) is 0.501. The first kappa shape index (κ1) is 13.3. The molecule has 1 aromatic carbocycles. The summed E-state index contributed by atoms with van der Waals surface area (Å²) in [6, 6.07) is 11.4. The zero-order valence-electron chi connectivity index (χ0n) is 10.1. The van der Waals surface area contributed by atoms with Crippen molar-refractivity contribution in [1.82, 2.24) is 5.48 Å². The lowest BCUT2D eigenvalue weighted by atomic mass is 10.2. The molecule has 0 saturated carbocycles. The van der Waals surface area contributed by atoms with Crippen molar-refractivity contribution in [3.63, 3.8) is 0 Å². The first-order valence-corrected chi connectivity index (χ1v) is 6.53. The number of amides is 1. The van der Waals surface area contributed by atoms with Crippen LogP contribution in [0, 0.1) is 0 Å². The van der Waals surface area contributed by atoms with Crippen LogP contribution < -0.4 is 10.2 Å². The standard InChI is InChI=1S/C14H13NO3S/c16-14(15-17)8-5-11-3-6-12(7-4-11)18-10-13-2-1-9-19-13/h1-9,17H,10H2,(H,15,16)/b8-5+. The van der Waals surface area contributed by atoms with Crippen molar-refractivity contribution in [2.24, 2.45) is 0 Å². The molecule has 19 heavy (non-hydrogen) atoms. The van der Waals surface area contributed by atoms with Gasteiger partial charge in [0.05, 0.1) is 0 Å². The van der Waals surface area contributed by atoms with Gasteiger partial charge in [0.1, 0.15) is 12.4 Å². The first-order valence-electron chi connectivity index (χ1n) is 5.65. The largest absolute Gasteiger partial charge is 0.488 e. The van der Waals surface area contributed by atoms with Gasteiger partial charge in [-0.1, -0.05) is 18.2 Å². The van der Waals surface area contributed by atoms with Crippen LogP contribution in [0.1, 0.15) is 10.4 Å². The van der Waals surface area contributed by atoms with E-state index in [1.54, 1.807) is 17.4 Å². The van der Waals surface area contributed by atoms with Crippen molar-refractivity contribution >= 4 is 23.3 Å². The number of carbonyl (C=O) groups is 1. The maximum atomic E-state index is 10.8. The summed E-state index contributed by atoms with van der Waals surface area (Å²) in [5.74, 6) is 0.218. The van der Waals surface area contributed by atoms with Gasteiger partial charge in [0, 0.05) is 11.0 Å². The van der Waals surface area contributed by atoms with Crippen LogP contribution in [0.25, 0.3) is 6.08 Å². The maximum absolute atomic E-state index is 10.8. The third-order valence-corrected chi connectivity index (χ3v) is 3.23. The van der Waals surface area contributed by atoms with Crippen LogP contribution in [0.3, 0.4) is 0 Å². The van der Waals surface area contributed by atoms with Crippen LogP contribution in [0.4, 0.5) is 0 Å². The number of nitrogens with one attached hydrogen (secondary N) is 1. The highest BCUT2D eigenvalue weighted by Crippen LogP contribution is 2.16. The molecule has 4 nitrogen and oxygen atoms in total. The maximum Gasteiger partial charge on any atom is 0.267 e. The van der Waals surface area contributed by atoms with Gasteiger partial charge < -0.3 is 4.74 Å². The second kappa shape index (κ2) is 6.72. The van der Waals surface area contributed by atoms with Gasteiger partial charge in [-0.2, -0.15) is 0 Å². The lowest BCUT2D eigenvalue weighted by Gasteiger charge is -2.04. The van der Waals surface area contributed by atoms with Crippen LogP contribution >= 0.6 is 11.3 Å². The molecule has 0 atom stereocenters. The van der Waals surface area contributed by atoms with Gasteiger partial charge in [-0.05, 0) is 35.2 Å². The summed E-state index contributed by atoms with van der Waals surface area (Å²) < 4.78 is 5.62. The molecule has 0 spiro atoms. The molecule has 0 aliphatic heterocycles. The van der Waals surface area contributed by atoms with E-state index in [9.17, 15) is 4.79 Å². The topological polar surface area (TPSA) is 58.6 Å². The SMILES string of the molecule is O=C(/C=C/c1ccc(OCc2cccs2)cc1)NO. The molecule has 0 unspecified atom stereocenters. The van der Waals surface area contributed by atoms with Crippen LogP contribution in [0.5, 0.6) is 5.75 Å². The summed E-state index contributed by atoms with van der Waals surface area (Å²) in [5.41, 5.74) is 2.39. The van der Waals surface area contributed by atoms with Gasteiger partial charge in [0.15, 0.2) is 0 Å². The molecule has 1 amide bonds. The van der Waals surface area contributed by atoms with Gasteiger partial charge in [-0.25, -0.2) is 5.48 Å². The summed E-state index contributed by atoms with van der Waals surface area (Å²) in [6.45, 7) is 0.555. The minimum absolute atomic E-state index is 0.555. The number of carbonyl (C=O) groups excluding carboxylic acids is 1. The number of hydroxylamine groups is 1. The van der Waals surface area contributed by atoms with Crippen molar-refractivity contribution in [2.45, 2.75) is 6.61 Å². The Labute approximate surface area is 114 Å². The molecule has 98 valence electrons. The monoisotopic (exact) mass is 275 g/mol. The first-order chi connectivity index (χ1) is 9.28. The summed E-state index contributed by atoms with van der Waals surface area (Å²) >= 11 is 1.65. The fraction of sp³-hybridized carbons (Fsp3) is 0.0714. The third kappa shape index (κ3) is 4.24. The van der Waals surface area contributed by atoms with Gasteiger partial charge in [0.2, 0.25) is 0 Å². The molecule has 0 fully saturated rings. The molecule has 5 heteroatoms. The van der Waals surface area contributed by atoms with Crippen molar-refractivity contribution in [2.75, 3.05) is 0 Å². The van der Waals surface area contributed by atoms with Gasteiger partial charge in [-0.15, -0.1) is 11.3 Å². The van der Waals surface area contributed by atoms with Crippen LogP contribution in [0.2, 0.25) is 0 Å². The average molecular weight is 275 g/mol. The predicted octanol–water partition coefficient (Wildman–Crippen LogP) is 2.85. The molecular weight excluding hydrogens is 262 g/mol. The molecule has 2 aromatic rings. The number of hydrogen-bond donors (Lipinski definition) is 2. The highest BCUT2D eigenvalue weighted by molar-refractivity contribution is 7.09. The number of hydrogen-bond acceptors (Lipinski definition) is 4. The van der Waals surface area contributed by atoms with Crippen molar-refractivity contribution in [3.05, 3.63) is 58.3 Å². The second-order valence-electron chi connectivity index (χ2n) is 3.75. The van der Waals surface area contributed by atoms with Gasteiger partial charge in [0.25, 0.3) is 5.91 Å². The number of benzene rings is 1. The molecule has 0 radical (unpaired) electrons. The number of rotatable bonds is 5. The Balaban J connectivity index is 1.91. The summed E-state index contributed by atoms with van der Waals surface area (Å²) in [4.78, 5) is 12.0. The molecule has 2 rings (SSSR count). The zero-order chi connectivity index (χ0) is 13.5. The van der Waals surface area contributed by atoms with Gasteiger partial charge in [-0.3, -0.25) is 10.0 Å². The number of ether oxygens (including phenoxy) is 1. The molecule has 2 N–H and O–H groups in total. The smallest absolute Gasteiger partial charge is 0.267 e. The Morgan fingerprint density at radius 2 is 2.11 bits per heavy atom. The fourth-order valence-corrected chi connectivity index (χ4v) is 2.05. The van der Waals surface area contributed by atoms with E-state index in [0.717, 1.165) is 11.3 Å². The Kier molecular flexibility index (Phi) is 4.72. The van der Waals surface area contributed by atoms with E-state index < -0.39 is 5.91 Å². The van der Waals surface area contributed by atoms with E-state index in [1.807, 2.05) is 41.8 Å². The molecule has 1 heterocycles. The molecule has 0 aliphatic carbocycles. The van der Waals surface area contributed by atoms with E-state index in [2.05, 4.69) is 0 Å². The zero-order valence-corrected chi connectivity index (χ0v) is 10.9. The highest BCUT2D eigenvalue weighted by Gasteiger charge is 1.97. The van der Waals surface area contributed by atoms with E-state index in [4.69, 9.17) is 9.94 Å². The van der Waals surface area contributed by atoms with Crippen LogP contribution in [-0.4, -0.2) is 11.1 Å². The van der Waals surface area contributed by atoms with Crippen molar-refractivity contribution in [1.29, 1.82) is 0 Å². The van der Waals surface area contributed by atoms with Gasteiger partial charge >= 0.3 is 0 Å². The molecule has 0 saturated heterocycles. The van der Waals surface area contributed by atoms with E-state index in [0.29, 0.717) is 6.61 Å². The molecular formula is C14H13NO3S. The summed E-state index contributed by atoms with van der Waals surface area (Å²) in [5, 5.41) is 10.4. The van der Waals surface area contributed by atoms with E-state index in [-0.39, 0.29) is 0 Å². The Hall–Kier alpha value is -2.11.